The van der Waals surface area contributed by atoms with E-state index in [0.29, 0.717) is 30.3 Å². The van der Waals surface area contributed by atoms with Gasteiger partial charge in [0.2, 0.25) is 11.7 Å². The summed E-state index contributed by atoms with van der Waals surface area (Å²) in [6, 6.07) is 5.82. The second-order valence-electron chi connectivity index (χ2n) is 3.39. The van der Waals surface area contributed by atoms with Crippen molar-refractivity contribution in [3.05, 3.63) is 29.8 Å². The van der Waals surface area contributed by atoms with Crippen LogP contribution in [-0.2, 0) is 6.42 Å². The van der Waals surface area contributed by atoms with Gasteiger partial charge in [0.1, 0.15) is 5.69 Å². The average Bonchev–Trinajstić information content (AvgIpc) is 2.75. The highest BCUT2D eigenvalue weighted by atomic mass is 16.5. The van der Waals surface area contributed by atoms with Crippen molar-refractivity contribution in [1.82, 2.24) is 15.1 Å². The molecule has 0 fully saturated rings. The molecule has 0 saturated carbocycles. The molecule has 0 amide bonds. The summed E-state index contributed by atoms with van der Waals surface area (Å²) < 4.78 is 5.01. The summed E-state index contributed by atoms with van der Waals surface area (Å²) in [6.07, 6.45) is 2.56. The van der Waals surface area contributed by atoms with Gasteiger partial charge in [-0.2, -0.15) is 10.2 Å². The van der Waals surface area contributed by atoms with E-state index in [1.54, 1.807) is 6.20 Å². The zero-order chi connectivity index (χ0) is 11.4. The highest BCUT2D eigenvalue weighted by Gasteiger charge is 2.09. The van der Waals surface area contributed by atoms with Gasteiger partial charge in [-0.25, -0.2) is 0 Å². The van der Waals surface area contributed by atoms with E-state index < -0.39 is 0 Å². The van der Waals surface area contributed by atoms with Crippen LogP contribution in [-0.4, -0.2) is 15.1 Å². The van der Waals surface area contributed by atoms with Gasteiger partial charge < -0.3 is 4.52 Å². The van der Waals surface area contributed by atoms with Crippen LogP contribution in [0, 0.1) is 18.3 Å². The van der Waals surface area contributed by atoms with Crippen LogP contribution >= 0.6 is 0 Å². The Bertz CT molecular complexity index is 527. The number of pyridine rings is 1. The van der Waals surface area contributed by atoms with Crippen LogP contribution in [0.5, 0.6) is 0 Å². The van der Waals surface area contributed by atoms with Crippen molar-refractivity contribution >= 4 is 0 Å². The van der Waals surface area contributed by atoms with Crippen molar-refractivity contribution < 1.29 is 4.52 Å². The molecular formula is C11H10N4O. The maximum atomic E-state index is 8.44. The molecule has 0 atom stereocenters. The highest BCUT2D eigenvalue weighted by molar-refractivity contribution is 5.48. The summed E-state index contributed by atoms with van der Waals surface area (Å²) in [5.74, 6) is 0.941. The smallest absolute Gasteiger partial charge is 0.228 e. The SMILES string of the molecule is Cc1ccnc(-c2noc(CCC#N)n2)c1. The zero-order valence-electron chi connectivity index (χ0n) is 8.84. The lowest BCUT2D eigenvalue weighted by molar-refractivity contribution is 0.380. The van der Waals surface area contributed by atoms with Crippen molar-refractivity contribution in [3.63, 3.8) is 0 Å². The highest BCUT2D eigenvalue weighted by Crippen LogP contribution is 2.14. The quantitative estimate of drug-likeness (QED) is 0.779. The summed E-state index contributed by atoms with van der Waals surface area (Å²) in [5, 5.41) is 12.3. The lowest BCUT2D eigenvalue weighted by atomic mass is 10.2. The summed E-state index contributed by atoms with van der Waals surface area (Å²) in [7, 11) is 0. The molecule has 0 aliphatic heterocycles. The van der Waals surface area contributed by atoms with E-state index in [4.69, 9.17) is 9.78 Å². The average molecular weight is 214 g/mol. The maximum Gasteiger partial charge on any atom is 0.228 e. The molecular weight excluding hydrogens is 204 g/mol. The molecule has 5 heteroatoms. The second kappa shape index (κ2) is 4.53. The first kappa shape index (κ1) is 10.3. The van der Waals surface area contributed by atoms with Gasteiger partial charge in [0.25, 0.3) is 0 Å². The summed E-state index contributed by atoms with van der Waals surface area (Å²) in [6.45, 7) is 1.97. The van der Waals surface area contributed by atoms with Gasteiger partial charge in [-0.1, -0.05) is 5.16 Å². The Kier molecular flexibility index (Phi) is 2.92. The van der Waals surface area contributed by atoms with Crippen molar-refractivity contribution in [3.8, 4) is 17.6 Å². The summed E-state index contributed by atoms with van der Waals surface area (Å²) in [5.41, 5.74) is 1.78. The minimum Gasteiger partial charge on any atom is -0.339 e. The maximum absolute atomic E-state index is 8.44. The lowest BCUT2D eigenvalue weighted by Crippen LogP contribution is -1.87. The fourth-order valence-electron chi connectivity index (χ4n) is 1.28. The first-order valence-corrected chi connectivity index (χ1v) is 4.92. The van der Waals surface area contributed by atoms with E-state index in [2.05, 4.69) is 15.1 Å². The van der Waals surface area contributed by atoms with Crippen LogP contribution in [0.15, 0.2) is 22.9 Å². The van der Waals surface area contributed by atoms with Gasteiger partial charge in [0, 0.05) is 19.0 Å². The van der Waals surface area contributed by atoms with Crippen LogP contribution in [0.1, 0.15) is 17.9 Å². The minimum atomic E-state index is 0.378. The molecule has 0 radical (unpaired) electrons. The molecule has 2 heterocycles. The fourth-order valence-corrected chi connectivity index (χ4v) is 1.28. The molecule has 0 saturated heterocycles. The molecule has 2 aromatic rings. The summed E-state index contributed by atoms with van der Waals surface area (Å²) in [4.78, 5) is 8.32. The third kappa shape index (κ3) is 2.23. The van der Waals surface area contributed by atoms with Gasteiger partial charge in [0.05, 0.1) is 6.07 Å². The Balaban J connectivity index is 2.22. The lowest BCUT2D eigenvalue weighted by Gasteiger charge is -1.93. The molecule has 0 N–H and O–H groups in total. The van der Waals surface area contributed by atoms with E-state index in [9.17, 15) is 0 Å². The predicted molar refractivity (Wildman–Crippen MR) is 56.2 cm³/mol. The first-order valence-electron chi connectivity index (χ1n) is 4.92. The fraction of sp³-hybridized carbons (Fsp3) is 0.273. The van der Waals surface area contributed by atoms with Gasteiger partial charge in [0.15, 0.2) is 0 Å². The zero-order valence-corrected chi connectivity index (χ0v) is 8.84. The van der Waals surface area contributed by atoms with E-state index in [0.717, 1.165) is 5.56 Å². The van der Waals surface area contributed by atoms with E-state index in [1.165, 1.54) is 0 Å². The standard InChI is InChI=1S/C11H10N4O/c1-8-4-6-13-9(7-8)11-14-10(16-15-11)3-2-5-12/h4,6-7H,2-3H2,1H3. The minimum absolute atomic E-state index is 0.378. The predicted octanol–water partition coefficient (Wildman–Crippen LogP) is 1.90. The largest absolute Gasteiger partial charge is 0.339 e. The van der Waals surface area contributed by atoms with Crippen LogP contribution < -0.4 is 0 Å². The third-order valence-electron chi connectivity index (χ3n) is 2.06. The Morgan fingerprint density at radius 2 is 2.38 bits per heavy atom. The van der Waals surface area contributed by atoms with Crippen LogP contribution in [0.3, 0.4) is 0 Å². The number of hydrogen-bond donors (Lipinski definition) is 0. The van der Waals surface area contributed by atoms with Gasteiger partial charge in [-0.05, 0) is 24.6 Å². The molecule has 2 rings (SSSR count). The van der Waals surface area contributed by atoms with E-state index >= 15 is 0 Å². The monoisotopic (exact) mass is 214 g/mol. The van der Waals surface area contributed by atoms with Crippen molar-refractivity contribution in [2.75, 3.05) is 0 Å². The normalized spacial score (nSPS) is 10.0. The number of nitriles is 1. The molecule has 0 aliphatic rings. The van der Waals surface area contributed by atoms with Crippen LogP contribution in [0.25, 0.3) is 11.5 Å². The Labute approximate surface area is 92.7 Å². The topological polar surface area (TPSA) is 75.6 Å². The third-order valence-corrected chi connectivity index (χ3v) is 2.06. The Morgan fingerprint density at radius 1 is 1.50 bits per heavy atom. The van der Waals surface area contributed by atoms with Crippen LogP contribution in [0.4, 0.5) is 0 Å². The second-order valence-corrected chi connectivity index (χ2v) is 3.39. The first-order chi connectivity index (χ1) is 7.79. The number of rotatable bonds is 3. The number of aromatic nitrogens is 3. The molecule has 80 valence electrons. The molecule has 16 heavy (non-hydrogen) atoms. The van der Waals surface area contributed by atoms with Crippen molar-refractivity contribution in [1.29, 1.82) is 5.26 Å². The number of aryl methyl sites for hydroxylation is 2. The van der Waals surface area contributed by atoms with Gasteiger partial charge in [-0.15, -0.1) is 0 Å². The molecule has 0 spiro atoms. The molecule has 0 unspecified atom stereocenters. The number of hydrogen-bond acceptors (Lipinski definition) is 5. The van der Waals surface area contributed by atoms with Crippen LogP contribution in [0.2, 0.25) is 0 Å². The van der Waals surface area contributed by atoms with Crippen molar-refractivity contribution in [2.24, 2.45) is 0 Å². The van der Waals surface area contributed by atoms with Gasteiger partial charge in [-0.3, -0.25) is 4.98 Å². The molecule has 2 aromatic heterocycles. The molecule has 0 bridgehead atoms. The van der Waals surface area contributed by atoms with Gasteiger partial charge >= 0.3 is 0 Å². The molecule has 0 aliphatic carbocycles. The Hall–Kier alpha value is -2.22. The molecule has 0 aromatic carbocycles. The van der Waals surface area contributed by atoms with E-state index in [1.807, 2.05) is 25.1 Å². The number of nitrogens with zero attached hydrogens (tertiary/aromatic N) is 4. The summed E-state index contributed by atoms with van der Waals surface area (Å²) >= 11 is 0. The van der Waals surface area contributed by atoms with E-state index in [-0.39, 0.29) is 0 Å². The Morgan fingerprint density at radius 3 is 3.12 bits per heavy atom. The molecule has 5 nitrogen and oxygen atoms in total. The van der Waals surface area contributed by atoms with Crippen molar-refractivity contribution in [2.45, 2.75) is 19.8 Å².